The third-order valence-electron chi connectivity index (χ3n) is 5.07. The predicted molar refractivity (Wildman–Crippen MR) is 93.9 cm³/mol. The summed E-state index contributed by atoms with van der Waals surface area (Å²) in [6, 6.07) is 0. The second kappa shape index (κ2) is 10.6. The average Bonchev–Trinajstić information content (AvgIpc) is 2.96. The first-order valence-corrected chi connectivity index (χ1v) is 9.36. The van der Waals surface area contributed by atoms with Gasteiger partial charge >= 0.3 is 0 Å². The summed E-state index contributed by atoms with van der Waals surface area (Å²) in [5.74, 6) is -0.668. The lowest BCUT2D eigenvalue weighted by Gasteiger charge is -2.30. The first kappa shape index (κ1) is 19.9. The maximum absolute atomic E-state index is 12.5. The van der Waals surface area contributed by atoms with Crippen LogP contribution < -0.4 is 16.4 Å². The maximum atomic E-state index is 12.5. The summed E-state index contributed by atoms with van der Waals surface area (Å²) in [4.78, 5) is 24.6. The van der Waals surface area contributed by atoms with E-state index in [9.17, 15) is 9.59 Å². The topological polar surface area (TPSA) is 84.2 Å². The highest BCUT2D eigenvalue weighted by Gasteiger charge is 2.50. The second-order valence-corrected chi connectivity index (χ2v) is 6.87. The van der Waals surface area contributed by atoms with E-state index in [2.05, 4.69) is 24.5 Å². The van der Waals surface area contributed by atoms with E-state index in [1.807, 2.05) is 0 Å². The minimum absolute atomic E-state index is 0.0132. The normalized spacial score (nSPS) is 23.8. The maximum Gasteiger partial charge on any atom is 0.225 e. The van der Waals surface area contributed by atoms with E-state index in [-0.39, 0.29) is 17.7 Å². The largest absolute Gasteiger partial charge is 0.369 e. The zero-order valence-corrected chi connectivity index (χ0v) is 15.0. The lowest BCUT2D eigenvalue weighted by molar-refractivity contribution is -0.138. The minimum atomic E-state index is -0.707. The fraction of sp³-hybridized carbons (Fsp3) is 0.889. The van der Waals surface area contributed by atoms with Gasteiger partial charge in [0.05, 0.1) is 11.3 Å². The second-order valence-electron chi connectivity index (χ2n) is 6.87. The quantitative estimate of drug-likeness (QED) is 0.482. The monoisotopic (exact) mass is 325 g/mol. The molecule has 0 aromatic heterocycles. The van der Waals surface area contributed by atoms with Crippen LogP contribution in [-0.2, 0) is 9.59 Å². The zero-order chi connectivity index (χ0) is 17.1. The number of unbranched alkanes of at least 4 members (excludes halogenated alkanes) is 6. The van der Waals surface area contributed by atoms with Crippen molar-refractivity contribution in [2.24, 2.45) is 17.1 Å². The molecule has 0 saturated carbocycles. The molecule has 1 heterocycles. The van der Waals surface area contributed by atoms with Crippen LogP contribution in [0.25, 0.3) is 0 Å². The number of amides is 2. The zero-order valence-electron chi connectivity index (χ0n) is 15.0. The molecule has 0 aromatic carbocycles. The third kappa shape index (κ3) is 5.79. The summed E-state index contributed by atoms with van der Waals surface area (Å²) in [5.41, 5.74) is 5.00. The summed E-state index contributed by atoms with van der Waals surface area (Å²) in [7, 11) is 0. The van der Waals surface area contributed by atoms with Crippen molar-refractivity contribution in [2.45, 2.75) is 71.6 Å². The molecule has 0 aliphatic carbocycles. The van der Waals surface area contributed by atoms with E-state index >= 15 is 0 Å². The van der Waals surface area contributed by atoms with E-state index < -0.39 is 5.41 Å². The molecule has 134 valence electrons. The van der Waals surface area contributed by atoms with Gasteiger partial charge in [-0.05, 0) is 12.8 Å². The Balaban J connectivity index is 2.55. The van der Waals surface area contributed by atoms with Gasteiger partial charge in [-0.3, -0.25) is 9.59 Å². The molecular weight excluding hydrogens is 290 g/mol. The van der Waals surface area contributed by atoms with Gasteiger partial charge in [-0.15, -0.1) is 0 Å². The molecule has 1 aliphatic heterocycles. The Morgan fingerprint density at radius 3 is 2.35 bits per heavy atom. The Bertz CT molecular complexity index is 373. The Morgan fingerprint density at radius 1 is 1.09 bits per heavy atom. The van der Waals surface area contributed by atoms with Crippen molar-refractivity contribution in [1.29, 1.82) is 0 Å². The highest BCUT2D eigenvalue weighted by Crippen LogP contribution is 2.37. The van der Waals surface area contributed by atoms with Crippen LogP contribution in [0.15, 0.2) is 0 Å². The van der Waals surface area contributed by atoms with Crippen LogP contribution in [0.3, 0.4) is 0 Å². The van der Waals surface area contributed by atoms with Gasteiger partial charge in [0.25, 0.3) is 0 Å². The summed E-state index contributed by atoms with van der Waals surface area (Å²) in [6.07, 6.45) is 9.60. The van der Waals surface area contributed by atoms with Gasteiger partial charge in [-0.25, -0.2) is 0 Å². The number of nitrogens with two attached hydrogens (primary N) is 1. The van der Waals surface area contributed by atoms with Crippen molar-refractivity contribution < 1.29 is 9.59 Å². The lowest BCUT2D eigenvalue weighted by atomic mass is 9.73. The predicted octanol–water partition coefficient (Wildman–Crippen LogP) is 2.34. The summed E-state index contributed by atoms with van der Waals surface area (Å²) in [6.45, 7) is 6.11. The van der Waals surface area contributed by atoms with Gasteiger partial charge in [0.1, 0.15) is 0 Å². The van der Waals surface area contributed by atoms with Crippen LogP contribution in [0.5, 0.6) is 0 Å². The molecule has 1 rings (SSSR count). The molecule has 1 fully saturated rings. The first-order chi connectivity index (χ1) is 11.1. The number of carbonyl (C=O) groups is 2. The van der Waals surface area contributed by atoms with Crippen LogP contribution in [0.1, 0.15) is 71.6 Å². The van der Waals surface area contributed by atoms with Crippen molar-refractivity contribution in [3.05, 3.63) is 0 Å². The van der Waals surface area contributed by atoms with E-state index in [0.29, 0.717) is 26.1 Å². The smallest absolute Gasteiger partial charge is 0.225 e. The van der Waals surface area contributed by atoms with E-state index in [1.165, 1.54) is 12.8 Å². The molecule has 2 amide bonds. The van der Waals surface area contributed by atoms with Crippen molar-refractivity contribution in [2.75, 3.05) is 19.6 Å². The van der Waals surface area contributed by atoms with Gasteiger partial charge in [-0.1, -0.05) is 58.8 Å². The number of nitrogens with one attached hydrogen (secondary N) is 2. The summed E-state index contributed by atoms with van der Waals surface area (Å²) in [5, 5.41) is 6.22. The molecule has 2 unspecified atom stereocenters. The van der Waals surface area contributed by atoms with Gasteiger partial charge < -0.3 is 16.4 Å². The summed E-state index contributed by atoms with van der Waals surface area (Å²) >= 11 is 0. The van der Waals surface area contributed by atoms with Crippen molar-refractivity contribution in [1.82, 2.24) is 10.6 Å². The molecule has 5 heteroatoms. The number of hydrogen-bond acceptors (Lipinski definition) is 3. The number of carbonyl (C=O) groups excluding carboxylic acids is 2. The number of rotatable bonds is 12. The van der Waals surface area contributed by atoms with Crippen molar-refractivity contribution in [3.8, 4) is 0 Å². The molecule has 1 aliphatic rings. The van der Waals surface area contributed by atoms with Gasteiger partial charge in [0.2, 0.25) is 11.8 Å². The molecule has 0 spiro atoms. The Labute approximate surface area is 141 Å². The molecule has 5 nitrogen and oxygen atoms in total. The fourth-order valence-corrected chi connectivity index (χ4v) is 3.50. The highest BCUT2D eigenvalue weighted by molar-refractivity contribution is 5.91. The molecule has 0 radical (unpaired) electrons. The number of hydrogen-bond donors (Lipinski definition) is 3. The Kier molecular flexibility index (Phi) is 9.22. The molecular formula is C18H35N3O2. The molecule has 23 heavy (non-hydrogen) atoms. The molecule has 0 aromatic rings. The van der Waals surface area contributed by atoms with Crippen LogP contribution in [0.2, 0.25) is 0 Å². The molecule has 4 N–H and O–H groups in total. The minimum Gasteiger partial charge on any atom is -0.369 e. The van der Waals surface area contributed by atoms with Gasteiger partial charge in [0, 0.05) is 19.6 Å². The fourth-order valence-electron chi connectivity index (χ4n) is 3.50. The van der Waals surface area contributed by atoms with Crippen molar-refractivity contribution in [3.63, 3.8) is 0 Å². The number of primary amides is 1. The molecule has 2 atom stereocenters. The van der Waals surface area contributed by atoms with Gasteiger partial charge in [0.15, 0.2) is 0 Å². The molecule has 1 saturated heterocycles. The lowest BCUT2D eigenvalue weighted by Crippen LogP contribution is -2.49. The van der Waals surface area contributed by atoms with Crippen molar-refractivity contribution >= 4 is 11.8 Å². The van der Waals surface area contributed by atoms with Crippen LogP contribution in [0, 0.1) is 11.3 Å². The SMILES string of the molecule is CCCCCCNC(=O)C1CNCC1(CCCCCC)C(N)=O. The van der Waals surface area contributed by atoms with E-state index in [1.54, 1.807) is 0 Å². The highest BCUT2D eigenvalue weighted by atomic mass is 16.2. The van der Waals surface area contributed by atoms with Crippen LogP contribution in [-0.4, -0.2) is 31.4 Å². The Morgan fingerprint density at radius 2 is 1.74 bits per heavy atom. The van der Waals surface area contributed by atoms with E-state index in [0.717, 1.165) is 38.5 Å². The first-order valence-electron chi connectivity index (χ1n) is 9.36. The van der Waals surface area contributed by atoms with Crippen LogP contribution in [0.4, 0.5) is 0 Å². The van der Waals surface area contributed by atoms with E-state index in [4.69, 9.17) is 5.73 Å². The standard InChI is InChI=1S/C18H35N3O2/c1-3-5-7-9-11-18(17(19)23)14-20-13-15(18)16(22)21-12-10-8-6-4-2/h15,20H,3-14H2,1-2H3,(H2,19,23)(H,21,22). The third-order valence-corrected chi connectivity index (χ3v) is 5.07. The average molecular weight is 325 g/mol. The molecule has 0 bridgehead atoms. The summed E-state index contributed by atoms with van der Waals surface area (Å²) < 4.78 is 0. The van der Waals surface area contributed by atoms with Gasteiger partial charge in [-0.2, -0.15) is 0 Å². The Hall–Kier alpha value is -1.10. The van der Waals surface area contributed by atoms with Crippen LogP contribution >= 0.6 is 0 Å².